The molecule has 0 aromatic heterocycles. The molecule has 0 atom stereocenters. The number of sulfonamides is 2. The summed E-state index contributed by atoms with van der Waals surface area (Å²) in [6.45, 7) is 1.37. The van der Waals surface area contributed by atoms with E-state index in [1.165, 1.54) is 55.6 Å². The van der Waals surface area contributed by atoms with E-state index in [-0.39, 0.29) is 10.6 Å². The molecule has 0 fully saturated rings. The molecule has 0 spiro atoms. The molecule has 2 N–H and O–H groups in total. The van der Waals surface area contributed by atoms with Gasteiger partial charge in [0.2, 0.25) is 26.0 Å². The number of likely N-dealkylation sites (N-methyl/N-ethyl adjacent to an activating group) is 1. The lowest BCUT2D eigenvalue weighted by Gasteiger charge is -2.17. The van der Waals surface area contributed by atoms with Crippen molar-refractivity contribution in [3.05, 3.63) is 53.6 Å². The highest BCUT2D eigenvalue weighted by Gasteiger charge is 2.23. The Morgan fingerprint density at radius 1 is 0.966 bits per heavy atom. The van der Waals surface area contributed by atoms with Crippen molar-refractivity contribution in [2.75, 3.05) is 29.4 Å². The number of carbonyl (C=O) groups excluding carboxylic acids is 1. The third kappa shape index (κ3) is 6.70. The van der Waals surface area contributed by atoms with E-state index in [4.69, 9.17) is 11.6 Å². The van der Waals surface area contributed by atoms with Gasteiger partial charge >= 0.3 is 0 Å². The maximum absolute atomic E-state index is 12.5. The normalized spacial score (nSPS) is 12.0. The molecule has 0 aliphatic carbocycles. The predicted molar refractivity (Wildman–Crippen MR) is 114 cm³/mol. The molecule has 0 aliphatic rings. The summed E-state index contributed by atoms with van der Waals surface area (Å²) in [6.07, 6.45) is 0.496. The molecule has 2 aromatic carbocycles. The average Bonchev–Trinajstić information content (AvgIpc) is 2.63. The van der Waals surface area contributed by atoms with Crippen molar-refractivity contribution in [1.29, 1.82) is 0 Å². The summed E-state index contributed by atoms with van der Waals surface area (Å²) in [7, 11) is -5.94. The molecule has 0 aliphatic heterocycles. The van der Waals surface area contributed by atoms with E-state index in [2.05, 4.69) is 10.0 Å². The van der Waals surface area contributed by atoms with Gasteiger partial charge in [-0.05, 0) is 55.0 Å². The van der Waals surface area contributed by atoms with Gasteiger partial charge in [-0.25, -0.2) is 16.8 Å². The lowest BCUT2D eigenvalue weighted by molar-refractivity contribution is -0.116. The van der Waals surface area contributed by atoms with Gasteiger partial charge in [-0.2, -0.15) is 4.31 Å². The highest BCUT2D eigenvalue weighted by molar-refractivity contribution is 7.92. The van der Waals surface area contributed by atoms with Crippen LogP contribution >= 0.6 is 11.6 Å². The van der Waals surface area contributed by atoms with E-state index >= 15 is 0 Å². The Bertz CT molecular complexity index is 1050. The molecule has 0 saturated heterocycles. The quantitative estimate of drug-likeness (QED) is 0.598. The number of hydrogen-bond donors (Lipinski definition) is 2. The molecule has 0 radical (unpaired) electrons. The van der Waals surface area contributed by atoms with Crippen molar-refractivity contribution in [1.82, 2.24) is 4.31 Å². The van der Waals surface area contributed by atoms with Crippen LogP contribution in [-0.4, -0.2) is 46.4 Å². The molecule has 158 valence electrons. The summed E-state index contributed by atoms with van der Waals surface area (Å²) in [4.78, 5) is 12.2. The highest BCUT2D eigenvalue weighted by atomic mass is 35.5. The minimum absolute atomic E-state index is 0.0138. The Balaban J connectivity index is 1.99. The van der Waals surface area contributed by atoms with Gasteiger partial charge in [0, 0.05) is 23.4 Å². The number of carbonyl (C=O) groups is 1. The second-order valence-corrected chi connectivity index (χ2v) is 10.6. The zero-order valence-corrected chi connectivity index (χ0v) is 18.3. The number of rotatable bonds is 9. The van der Waals surface area contributed by atoms with Gasteiger partial charge < -0.3 is 5.32 Å². The van der Waals surface area contributed by atoms with Crippen LogP contribution < -0.4 is 10.0 Å². The molecular formula is C18H22ClN3O5S2. The zero-order valence-electron chi connectivity index (χ0n) is 15.9. The summed E-state index contributed by atoms with van der Waals surface area (Å²) in [5.41, 5.74) is 0.782. The van der Waals surface area contributed by atoms with Gasteiger partial charge in [0.05, 0.1) is 17.2 Å². The average molecular weight is 460 g/mol. The number of hydrogen-bond acceptors (Lipinski definition) is 5. The first-order chi connectivity index (χ1) is 13.5. The number of halogens is 1. The van der Waals surface area contributed by atoms with Crippen LogP contribution in [0.4, 0.5) is 11.4 Å². The number of nitrogens with zero attached hydrogens (tertiary/aromatic N) is 1. The third-order valence-electron chi connectivity index (χ3n) is 3.80. The second-order valence-electron chi connectivity index (χ2n) is 6.26. The van der Waals surface area contributed by atoms with Crippen molar-refractivity contribution in [3.63, 3.8) is 0 Å². The fraction of sp³-hybridized carbons (Fsp3) is 0.278. The van der Waals surface area contributed by atoms with Crippen LogP contribution in [0.3, 0.4) is 0 Å². The fourth-order valence-electron chi connectivity index (χ4n) is 2.40. The predicted octanol–water partition coefficient (Wildman–Crippen LogP) is 2.75. The molecule has 8 nitrogen and oxygen atoms in total. The summed E-state index contributed by atoms with van der Waals surface area (Å²) in [6, 6.07) is 11.7. The van der Waals surface area contributed by atoms with E-state index < -0.39 is 32.5 Å². The lowest BCUT2D eigenvalue weighted by atomic mass is 10.3. The van der Waals surface area contributed by atoms with E-state index in [0.717, 1.165) is 4.31 Å². The summed E-state index contributed by atoms with van der Waals surface area (Å²) in [5, 5.41) is 2.98. The molecule has 2 rings (SSSR count). The van der Waals surface area contributed by atoms with E-state index in [9.17, 15) is 21.6 Å². The van der Waals surface area contributed by atoms with Crippen LogP contribution in [0, 0.1) is 0 Å². The summed E-state index contributed by atoms with van der Waals surface area (Å²) >= 11 is 5.77. The highest BCUT2D eigenvalue weighted by Crippen LogP contribution is 2.18. The lowest BCUT2D eigenvalue weighted by Crippen LogP contribution is -2.34. The third-order valence-corrected chi connectivity index (χ3v) is 7.36. The molecular weight excluding hydrogens is 438 g/mol. The molecule has 2 aromatic rings. The second kappa shape index (κ2) is 9.57. The van der Waals surface area contributed by atoms with Crippen LogP contribution in [0.15, 0.2) is 53.4 Å². The Morgan fingerprint density at radius 3 is 2.07 bits per heavy atom. The number of nitrogens with one attached hydrogen (secondary N) is 2. The van der Waals surface area contributed by atoms with E-state index in [1.807, 2.05) is 0 Å². The first-order valence-corrected chi connectivity index (χ1v) is 12.1. The zero-order chi connectivity index (χ0) is 21.7. The number of anilines is 2. The smallest absolute Gasteiger partial charge is 0.243 e. The van der Waals surface area contributed by atoms with Crippen LogP contribution in [0.25, 0.3) is 0 Å². The molecule has 0 unspecified atom stereocenters. The number of benzene rings is 2. The van der Waals surface area contributed by atoms with Gasteiger partial charge in [0.15, 0.2) is 0 Å². The summed E-state index contributed by atoms with van der Waals surface area (Å²) < 4.78 is 51.9. The molecule has 11 heteroatoms. The van der Waals surface area contributed by atoms with Crippen LogP contribution in [-0.2, 0) is 24.8 Å². The fourth-order valence-corrected chi connectivity index (χ4v) is 4.78. The summed E-state index contributed by atoms with van der Waals surface area (Å²) in [5.74, 6) is -0.524. The number of amides is 1. The van der Waals surface area contributed by atoms with Crippen molar-refractivity contribution in [2.24, 2.45) is 0 Å². The van der Waals surface area contributed by atoms with Gasteiger partial charge in [0.1, 0.15) is 0 Å². The van der Waals surface area contributed by atoms with Crippen LogP contribution in [0.1, 0.15) is 13.3 Å². The Hall–Kier alpha value is -2.14. The van der Waals surface area contributed by atoms with Gasteiger partial charge in [0.25, 0.3) is 0 Å². The molecule has 1 amide bonds. The van der Waals surface area contributed by atoms with Crippen LogP contribution in [0.2, 0.25) is 5.02 Å². The molecule has 0 bridgehead atoms. The maximum atomic E-state index is 12.5. The van der Waals surface area contributed by atoms with E-state index in [1.54, 1.807) is 6.92 Å². The Kier molecular flexibility index (Phi) is 7.64. The maximum Gasteiger partial charge on any atom is 0.243 e. The Morgan fingerprint density at radius 2 is 1.52 bits per heavy atom. The molecule has 0 saturated carbocycles. The minimum atomic E-state index is -3.84. The van der Waals surface area contributed by atoms with E-state index in [0.29, 0.717) is 22.8 Å². The van der Waals surface area contributed by atoms with Gasteiger partial charge in [-0.1, -0.05) is 18.5 Å². The largest absolute Gasteiger partial charge is 0.325 e. The first kappa shape index (κ1) is 23.1. The van der Waals surface area contributed by atoms with Crippen molar-refractivity contribution < 1.29 is 21.6 Å². The molecule has 0 heterocycles. The SMILES string of the molecule is CCCS(=O)(=O)Nc1ccc(NC(=O)CN(C)S(=O)(=O)c2ccc(Cl)cc2)cc1. The van der Waals surface area contributed by atoms with Gasteiger partial charge in [-0.3, -0.25) is 9.52 Å². The van der Waals surface area contributed by atoms with Crippen LogP contribution in [0.5, 0.6) is 0 Å². The first-order valence-electron chi connectivity index (χ1n) is 8.66. The van der Waals surface area contributed by atoms with Gasteiger partial charge in [-0.15, -0.1) is 0 Å². The topological polar surface area (TPSA) is 113 Å². The minimum Gasteiger partial charge on any atom is -0.325 e. The van der Waals surface area contributed by atoms with Crippen molar-refractivity contribution in [3.8, 4) is 0 Å². The molecule has 29 heavy (non-hydrogen) atoms. The van der Waals surface area contributed by atoms with Crippen molar-refractivity contribution in [2.45, 2.75) is 18.2 Å². The monoisotopic (exact) mass is 459 g/mol. The standard InChI is InChI=1S/C18H22ClN3O5S2/c1-3-12-28(24,25)21-16-8-6-15(7-9-16)20-18(23)13-22(2)29(26,27)17-10-4-14(19)5-11-17/h4-11,21H,3,12-13H2,1-2H3,(H,20,23). The van der Waals surface area contributed by atoms with Crippen molar-refractivity contribution >= 4 is 48.9 Å². The Labute approximate surface area is 176 Å².